The van der Waals surface area contributed by atoms with Crippen molar-refractivity contribution in [3.8, 4) is 0 Å². The minimum Gasteiger partial charge on any atom is -0.330 e. The van der Waals surface area contributed by atoms with Crippen LogP contribution in [0.1, 0.15) is 30.3 Å². The van der Waals surface area contributed by atoms with E-state index >= 15 is 0 Å². The van der Waals surface area contributed by atoms with Crippen molar-refractivity contribution in [3.05, 3.63) is 53.5 Å². The Kier molecular flexibility index (Phi) is 6.43. The van der Waals surface area contributed by atoms with Crippen molar-refractivity contribution in [3.63, 3.8) is 0 Å². The summed E-state index contributed by atoms with van der Waals surface area (Å²) in [6.45, 7) is 10.7. The Balaban J connectivity index is 2.99. The average molecular weight is 275 g/mol. The number of nitrogens with zero attached hydrogens (tertiary/aromatic N) is 3. The molecule has 1 aromatic heterocycles. The van der Waals surface area contributed by atoms with Crippen molar-refractivity contribution in [2.24, 2.45) is 0 Å². The Morgan fingerprint density at radius 1 is 1.35 bits per heavy atom. The van der Waals surface area contributed by atoms with E-state index in [1.165, 1.54) is 16.8 Å². The summed E-state index contributed by atoms with van der Waals surface area (Å²) in [7, 11) is 0. The van der Waals surface area contributed by atoms with Gasteiger partial charge in [0.1, 0.15) is 5.69 Å². The molecule has 0 radical (unpaired) electrons. The van der Waals surface area contributed by atoms with Gasteiger partial charge in [-0.25, -0.2) is 4.68 Å². The van der Waals surface area contributed by atoms with Gasteiger partial charge >= 0.3 is 0 Å². The largest absolute Gasteiger partial charge is 0.330 e. The summed E-state index contributed by atoms with van der Waals surface area (Å²) >= 11 is 0. The van der Waals surface area contributed by atoms with E-state index in [2.05, 4.69) is 18.3 Å². The van der Waals surface area contributed by atoms with E-state index < -0.39 is 0 Å². The standard InChI is InChI=1S/C15H21N3O2/c1-4-7-12-18-14(19)9-8-13(16-18)15(20)17(10-5-2)11-6-3/h5-6,8-9H,2-4,7,10-12H2,1H3. The van der Waals surface area contributed by atoms with Crippen LogP contribution in [0.25, 0.3) is 0 Å². The number of carbonyl (C=O) groups is 1. The summed E-state index contributed by atoms with van der Waals surface area (Å²) in [6.07, 6.45) is 5.11. The highest BCUT2D eigenvalue weighted by atomic mass is 16.2. The second kappa shape index (κ2) is 8.09. The number of unbranched alkanes of at least 4 members (excludes halogenated alkanes) is 1. The van der Waals surface area contributed by atoms with Gasteiger partial charge in [0.15, 0.2) is 0 Å². The highest BCUT2D eigenvalue weighted by Crippen LogP contribution is 2.01. The summed E-state index contributed by atoms with van der Waals surface area (Å²) in [4.78, 5) is 25.5. The molecular formula is C15H21N3O2. The number of rotatable bonds is 8. The van der Waals surface area contributed by atoms with Crippen LogP contribution in [0.15, 0.2) is 42.2 Å². The third-order valence-electron chi connectivity index (χ3n) is 2.80. The predicted molar refractivity (Wildman–Crippen MR) is 79.7 cm³/mol. The van der Waals surface area contributed by atoms with Crippen molar-refractivity contribution >= 4 is 5.91 Å². The monoisotopic (exact) mass is 275 g/mol. The number of amides is 1. The predicted octanol–water partition coefficient (Wildman–Crippen LogP) is 1.86. The summed E-state index contributed by atoms with van der Waals surface area (Å²) in [5.74, 6) is -0.227. The molecule has 5 heteroatoms. The second-order valence-electron chi connectivity index (χ2n) is 4.42. The Labute approximate surface area is 119 Å². The summed E-state index contributed by atoms with van der Waals surface area (Å²) < 4.78 is 1.34. The molecule has 0 fully saturated rings. The molecule has 1 aromatic rings. The second-order valence-corrected chi connectivity index (χ2v) is 4.42. The van der Waals surface area contributed by atoms with E-state index in [0.29, 0.717) is 19.6 Å². The van der Waals surface area contributed by atoms with Gasteiger partial charge < -0.3 is 4.90 Å². The van der Waals surface area contributed by atoms with Crippen LogP contribution in [0.2, 0.25) is 0 Å². The zero-order valence-electron chi connectivity index (χ0n) is 11.9. The first kappa shape index (κ1) is 15.9. The van der Waals surface area contributed by atoms with Gasteiger partial charge in [-0.05, 0) is 12.5 Å². The molecule has 20 heavy (non-hydrogen) atoms. The topological polar surface area (TPSA) is 55.2 Å². The van der Waals surface area contributed by atoms with Gasteiger partial charge in [-0.1, -0.05) is 25.5 Å². The van der Waals surface area contributed by atoms with Crippen LogP contribution in [-0.2, 0) is 6.54 Å². The third kappa shape index (κ3) is 4.19. The lowest BCUT2D eigenvalue weighted by Crippen LogP contribution is -2.34. The first-order chi connectivity index (χ1) is 9.63. The maximum absolute atomic E-state index is 12.3. The molecule has 1 rings (SSSR count). The maximum atomic E-state index is 12.3. The molecule has 1 amide bonds. The van der Waals surface area contributed by atoms with Crippen LogP contribution in [0.4, 0.5) is 0 Å². The zero-order valence-corrected chi connectivity index (χ0v) is 11.9. The van der Waals surface area contributed by atoms with Crippen molar-refractivity contribution in [2.45, 2.75) is 26.3 Å². The quantitative estimate of drug-likeness (QED) is 0.680. The fourth-order valence-electron chi connectivity index (χ4n) is 1.75. The Morgan fingerprint density at radius 2 is 2.00 bits per heavy atom. The number of aromatic nitrogens is 2. The minimum absolute atomic E-state index is 0.186. The van der Waals surface area contributed by atoms with Gasteiger partial charge in [0.2, 0.25) is 0 Å². The summed E-state index contributed by atoms with van der Waals surface area (Å²) in [5.41, 5.74) is 0.0818. The molecule has 108 valence electrons. The molecule has 0 saturated heterocycles. The van der Waals surface area contributed by atoms with E-state index in [1.54, 1.807) is 17.1 Å². The number of hydrogen-bond acceptors (Lipinski definition) is 3. The highest BCUT2D eigenvalue weighted by Gasteiger charge is 2.15. The highest BCUT2D eigenvalue weighted by molar-refractivity contribution is 5.92. The van der Waals surface area contributed by atoms with E-state index in [0.717, 1.165) is 12.8 Å². The van der Waals surface area contributed by atoms with Gasteiger partial charge in [-0.2, -0.15) is 5.10 Å². The van der Waals surface area contributed by atoms with Crippen LogP contribution in [-0.4, -0.2) is 33.7 Å². The molecule has 0 saturated carbocycles. The Morgan fingerprint density at radius 3 is 2.55 bits per heavy atom. The molecule has 5 nitrogen and oxygen atoms in total. The zero-order chi connectivity index (χ0) is 15.0. The van der Waals surface area contributed by atoms with Crippen molar-refractivity contribution < 1.29 is 4.79 Å². The van der Waals surface area contributed by atoms with Gasteiger partial charge in [0.05, 0.1) is 0 Å². The molecule has 0 aromatic carbocycles. The Hall–Kier alpha value is -2.17. The van der Waals surface area contributed by atoms with Crippen LogP contribution in [0.5, 0.6) is 0 Å². The molecule has 0 N–H and O–H groups in total. The van der Waals surface area contributed by atoms with Crippen LogP contribution < -0.4 is 5.56 Å². The van der Waals surface area contributed by atoms with E-state index in [9.17, 15) is 9.59 Å². The number of hydrogen-bond donors (Lipinski definition) is 0. The first-order valence-electron chi connectivity index (χ1n) is 6.73. The number of carbonyl (C=O) groups excluding carboxylic acids is 1. The van der Waals surface area contributed by atoms with Crippen molar-refractivity contribution in [1.82, 2.24) is 14.7 Å². The van der Waals surface area contributed by atoms with Crippen molar-refractivity contribution in [2.75, 3.05) is 13.1 Å². The van der Waals surface area contributed by atoms with Crippen molar-refractivity contribution in [1.29, 1.82) is 0 Å². The fraction of sp³-hybridized carbons (Fsp3) is 0.400. The SMILES string of the molecule is C=CCN(CC=C)C(=O)c1ccc(=O)n(CCCC)n1. The minimum atomic E-state index is -0.227. The third-order valence-corrected chi connectivity index (χ3v) is 2.80. The Bertz CT molecular complexity index is 524. The van der Waals surface area contributed by atoms with Crippen LogP contribution in [0, 0.1) is 0 Å². The first-order valence-corrected chi connectivity index (χ1v) is 6.73. The maximum Gasteiger partial charge on any atom is 0.274 e. The molecule has 0 aliphatic rings. The fourth-order valence-corrected chi connectivity index (χ4v) is 1.75. The molecule has 1 heterocycles. The molecule has 0 spiro atoms. The lowest BCUT2D eigenvalue weighted by atomic mass is 10.3. The molecule has 0 aliphatic carbocycles. The normalized spacial score (nSPS) is 10.1. The molecular weight excluding hydrogens is 254 g/mol. The smallest absolute Gasteiger partial charge is 0.274 e. The van der Waals surface area contributed by atoms with Gasteiger partial charge in [0.25, 0.3) is 11.5 Å². The average Bonchev–Trinajstić information content (AvgIpc) is 2.45. The van der Waals surface area contributed by atoms with Gasteiger partial charge in [0, 0.05) is 25.7 Å². The summed E-state index contributed by atoms with van der Waals surface area (Å²) in [6, 6.07) is 2.85. The van der Waals surface area contributed by atoms with E-state index in [4.69, 9.17) is 0 Å². The molecule has 0 aliphatic heterocycles. The lowest BCUT2D eigenvalue weighted by molar-refractivity contribution is 0.0782. The lowest BCUT2D eigenvalue weighted by Gasteiger charge is -2.18. The molecule has 0 atom stereocenters. The van der Waals surface area contributed by atoms with Crippen LogP contribution in [0.3, 0.4) is 0 Å². The van der Waals surface area contributed by atoms with E-state index in [1.807, 2.05) is 6.92 Å². The van der Waals surface area contributed by atoms with E-state index in [-0.39, 0.29) is 17.2 Å². The van der Waals surface area contributed by atoms with Crippen LogP contribution >= 0.6 is 0 Å². The summed E-state index contributed by atoms with van der Waals surface area (Å²) in [5, 5.41) is 4.14. The van der Waals surface area contributed by atoms with Gasteiger partial charge in [-0.3, -0.25) is 9.59 Å². The van der Waals surface area contributed by atoms with Gasteiger partial charge in [-0.15, -0.1) is 13.2 Å². The number of aryl methyl sites for hydroxylation is 1. The molecule has 0 unspecified atom stereocenters. The molecule has 0 bridgehead atoms.